The highest BCUT2D eigenvalue weighted by Gasteiger charge is 2.18. The molecule has 100 valence electrons. The Bertz CT molecular complexity index is 393. The zero-order valence-corrected chi connectivity index (χ0v) is 11.9. The second kappa shape index (κ2) is 6.17. The Kier molecular flexibility index (Phi) is 4.56. The van der Waals surface area contributed by atoms with Gasteiger partial charge in [-0.3, -0.25) is 0 Å². The SMILES string of the molecule is CNc1nc(C2CCCCCCC2)nc(C)c1C. The summed E-state index contributed by atoms with van der Waals surface area (Å²) in [5.74, 6) is 2.63. The lowest BCUT2D eigenvalue weighted by molar-refractivity contribution is 0.442. The largest absolute Gasteiger partial charge is 0.373 e. The van der Waals surface area contributed by atoms with Gasteiger partial charge in [0.2, 0.25) is 0 Å². The van der Waals surface area contributed by atoms with Crippen molar-refractivity contribution in [1.82, 2.24) is 9.97 Å². The van der Waals surface area contributed by atoms with Crippen LogP contribution in [0.15, 0.2) is 0 Å². The summed E-state index contributed by atoms with van der Waals surface area (Å²) in [6.45, 7) is 4.17. The minimum atomic E-state index is 0.566. The summed E-state index contributed by atoms with van der Waals surface area (Å²) in [5, 5.41) is 3.19. The van der Waals surface area contributed by atoms with Crippen LogP contribution in [-0.4, -0.2) is 17.0 Å². The molecule has 1 aliphatic carbocycles. The average Bonchev–Trinajstić information content (AvgIpc) is 2.32. The molecule has 0 saturated heterocycles. The first kappa shape index (κ1) is 13.3. The number of nitrogens with zero attached hydrogens (tertiary/aromatic N) is 2. The Morgan fingerprint density at radius 3 is 2.17 bits per heavy atom. The summed E-state index contributed by atoms with van der Waals surface area (Å²) < 4.78 is 0. The predicted octanol–water partition coefficient (Wildman–Crippen LogP) is 3.96. The van der Waals surface area contributed by atoms with Crippen LogP contribution in [0.5, 0.6) is 0 Å². The van der Waals surface area contributed by atoms with Crippen LogP contribution >= 0.6 is 0 Å². The lowest BCUT2D eigenvalue weighted by Gasteiger charge is -2.20. The van der Waals surface area contributed by atoms with Gasteiger partial charge in [-0.2, -0.15) is 0 Å². The van der Waals surface area contributed by atoms with Gasteiger partial charge in [0.15, 0.2) is 0 Å². The molecule has 0 amide bonds. The molecule has 0 aliphatic heterocycles. The Morgan fingerprint density at radius 2 is 1.56 bits per heavy atom. The van der Waals surface area contributed by atoms with Crippen LogP contribution in [0.1, 0.15) is 67.9 Å². The average molecular weight is 247 g/mol. The van der Waals surface area contributed by atoms with Crippen molar-refractivity contribution in [2.45, 2.75) is 64.7 Å². The van der Waals surface area contributed by atoms with Gasteiger partial charge in [0.1, 0.15) is 11.6 Å². The standard InChI is InChI=1S/C15H25N3/c1-11-12(2)17-15(18-14(11)16-3)13-9-7-5-4-6-8-10-13/h13H,4-10H2,1-3H3,(H,16,17,18). The number of rotatable bonds is 2. The van der Waals surface area contributed by atoms with Gasteiger partial charge in [-0.05, 0) is 26.7 Å². The van der Waals surface area contributed by atoms with Crippen molar-refractivity contribution < 1.29 is 0 Å². The van der Waals surface area contributed by atoms with Crippen molar-refractivity contribution in [3.63, 3.8) is 0 Å². The molecule has 1 aromatic heterocycles. The molecule has 2 rings (SSSR count). The summed E-state index contributed by atoms with van der Waals surface area (Å²) in [6, 6.07) is 0. The van der Waals surface area contributed by atoms with Crippen molar-refractivity contribution in [3.8, 4) is 0 Å². The summed E-state index contributed by atoms with van der Waals surface area (Å²) in [4.78, 5) is 9.45. The van der Waals surface area contributed by atoms with Crippen LogP contribution in [0.3, 0.4) is 0 Å². The number of aryl methyl sites for hydroxylation is 1. The molecular formula is C15H25N3. The fourth-order valence-electron chi connectivity index (χ4n) is 2.79. The van der Waals surface area contributed by atoms with Crippen LogP contribution in [0.2, 0.25) is 0 Å². The van der Waals surface area contributed by atoms with E-state index < -0.39 is 0 Å². The third-order valence-corrected chi connectivity index (χ3v) is 4.11. The molecule has 1 saturated carbocycles. The third-order valence-electron chi connectivity index (χ3n) is 4.11. The maximum absolute atomic E-state index is 4.73. The molecule has 0 spiro atoms. The van der Waals surface area contributed by atoms with E-state index in [9.17, 15) is 0 Å². The number of hydrogen-bond donors (Lipinski definition) is 1. The summed E-state index contributed by atoms with van der Waals surface area (Å²) in [7, 11) is 1.94. The van der Waals surface area contributed by atoms with Crippen molar-refractivity contribution in [2.75, 3.05) is 12.4 Å². The lowest BCUT2D eigenvalue weighted by Crippen LogP contribution is -2.11. The maximum Gasteiger partial charge on any atom is 0.134 e. The smallest absolute Gasteiger partial charge is 0.134 e. The van der Waals surface area contributed by atoms with Gasteiger partial charge in [-0.1, -0.05) is 32.1 Å². The first-order valence-electron chi connectivity index (χ1n) is 7.25. The minimum absolute atomic E-state index is 0.566. The van der Waals surface area contributed by atoms with Crippen molar-refractivity contribution >= 4 is 5.82 Å². The highest BCUT2D eigenvalue weighted by molar-refractivity contribution is 5.45. The van der Waals surface area contributed by atoms with Crippen molar-refractivity contribution in [2.24, 2.45) is 0 Å². The van der Waals surface area contributed by atoms with Crippen LogP contribution in [-0.2, 0) is 0 Å². The molecule has 0 unspecified atom stereocenters. The van der Waals surface area contributed by atoms with Gasteiger partial charge in [-0.15, -0.1) is 0 Å². The topological polar surface area (TPSA) is 37.8 Å². The number of anilines is 1. The first-order chi connectivity index (χ1) is 8.72. The summed E-state index contributed by atoms with van der Waals surface area (Å²) in [5.41, 5.74) is 2.29. The van der Waals surface area contributed by atoms with Crippen molar-refractivity contribution in [3.05, 3.63) is 17.1 Å². The fourth-order valence-corrected chi connectivity index (χ4v) is 2.79. The molecule has 0 radical (unpaired) electrons. The van der Waals surface area contributed by atoms with Crippen LogP contribution in [0, 0.1) is 13.8 Å². The van der Waals surface area contributed by atoms with Gasteiger partial charge >= 0.3 is 0 Å². The quantitative estimate of drug-likeness (QED) is 0.859. The zero-order chi connectivity index (χ0) is 13.0. The Morgan fingerprint density at radius 1 is 0.944 bits per heavy atom. The molecule has 3 heteroatoms. The molecule has 0 aromatic carbocycles. The van der Waals surface area contributed by atoms with E-state index in [2.05, 4.69) is 19.2 Å². The number of hydrogen-bond acceptors (Lipinski definition) is 3. The second-order valence-electron chi connectivity index (χ2n) is 5.43. The molecule has 1 aromatic rings. The van der Waals surface area contributed by atoms with Crippen LogP contribution < -0.4 is 5.32 Å². The molecule has 0 atom stereocenters. The van der Waals surface area contributed by atoms with Gasteiger partial charge in [0.25, 0.3) is 0 Å². The summed E-state index contributed by atoms with van der Waals surface area (Å²) >= 11 is 0. The monoisotopic (exact) mass is 247 g/mol. The van der Waals surface area contributed by atoms with Crippen LogP contribution in [0.4, 0.5) is 5.82 Å². The van der Waals surface area contributed by atoms with Gasteiger partial charge in [-0.25, -0.2) is 9.97 Å². The third kappa shape index (κ3) is 3.01. The number of aromatic nitrogens is 2. The Labute approximate surface area is 110 Å². The van der Waals surface area contributed by atoms with Gasteiger partial charge in [0, 0.05) is 24.2 Å². The van der Waals surface area contributed by atoms with Crippen LogP contribution in [0.25, 0.3) is 0 Å². The van der Waals surface area contributed by atoms with E-state index in [4.69, 9.17) is 9.97 Å². The van der Waals surface area contributed by atoms with E-state index in [1.807, 2.05) is 7.05 Å². The van der Waals surface area contributed by atoms with E-state index in [1.54, 1.807) is 0 Å². The molecular weight excluding hydrogens is 222 g/mol. The van der Waals surface area contributed by atoms with E-state index in [0.29, 0.717) is 5.92 Å². The van der Waals surface area contributed by atoms with E-state index >= 15 is 0 Å². The van der Waals surface area contributed by atoms with E-state index in [1.165, 1.54) is 50.5 Å². The van der Waals surface area contributed by atoms with Crippen molar-refractivity contribution in [1.29, 1.82) is 0 Å². The second-order valence-corrected chi connectivity index (χ2v) is 5.43. The van der Waals surface area contributed by atoms with Gasteiger partial charge in [0.05, 0.1) is 0 Å². The maximum atomic E-state index is 4.73. The fraction of sp³-hybridized carbons (Fsp3) is 0.733. The molecule has 1 fully saturated rings. The highest BCUT2D eigenvalue weighted by Crippen LogP contribution is 2.30. The molecule has 0 bridgehead atoms. The Hall–Kier alpha value is -1.12. The summed E-state index contributed by atoms with van der Waals surface area (Å²) in [6.07, 6.45) is 9.33. The number of nitrogens with one attached hydrogen (secondary N) is 1. The molecule has 1 heterocycles. The molecule has 1 aliphatic rings. The normalized spacial score (nSPS) is 18.2. The zero-order valence-electron chi connectivity index (χ0n) is 11.9. The first-order valence-corrected chi connectivity index (χ1v) is 7.25. The van der Waals surface area contributed by atoms with E-state index in [-0.39, 0.29) is 0 Å². The lowest BCUT2D eigenvalue weighted by atomic mass is 9.90. The minimum Gasteiger partial charge on any atom is -0.373 e. The van der Waals surface area contributed by atoms with E-state index in [0.717, 1.165) is 17.3 Å². The Balaban J connectivity index is 2.22. The molecule has 18 heavy (non-hydrogen) atoms. The predicted molar refractivity (Wildman–Crippen MR) is 76.1 cm³/mol. The molecule has 3 nitrogen and oxygen atoms in total. The molecule has 1 N–H and O–H groups in total. The van der Waals surface area contributed by atoms with Gasteiger partial charge < -0.3 is 5.32 Å². The highest BCUT2D eigenvalue weighted by atomic mass is 15.0.